The van der Waals surface area contributed by atoms with E-state index < -0.39 is 0 Å². The average Bonchev–Trinajstić information content (AvgIpc) is 1.35. The number of carbonyl (C=O) groups excluding carboxylic acids is 1. The number of hydrogen-bond donors (Lipinski definition) is 1. The van der Waals surface area contributed by atoms with Gasteiger partial charge in [-0.2, -0.15) is 0 Å². The molecule has 0 unspecified atom stereocenters. The van der Waals surface area contributed by atoms with Crippen LogP contribution in [0.4, 0.5) is 0 Å². The summed E-state index contributed by atoms with van der Waals surface area (Å²) in [6.07, 6.45) is 0. The largest absolute Gasteiger partial charge is 0.450 e. The van der Waals surface area contributed by atoms with Crippen molar-refractivity contribution in [1.82, 2.24) is 5.32 Å². The fourth-order valence-electron chi connectivity index (χ4n) is 0.203. The predicted octanol–water partition coefficient (Wildman–Crippen LogP) is -0.0459. The fourth-order valence-corrected chi connectivity index (χ4v) is 0.203. The van der Waals surface area contributed by atoms with Crippen LogP contribution < -0.4 is 5.32 Å². The zero-order valence-electron chi connectivity index (χ0n) is 4.32. The van der Waals surface area contributed by atoms with Crippen molar-refractivity contribution in [3.05, 3.63) is 6.54 Å². The van der Waals surface area contributed by atoms with Crippen molar-refractivity contribution >= 4 is 5.78 Å². The fraction of sp³-hybridized carbons (Fsp3) is 0.500. The third-order valence-electron chi connectivity index (χ3n) is 0.348. The molecule has 0 aromatic carbocycles. The molecular weight excluding hydrogens is 181 g/mol. The smallest absolute Gasteiger partial charge is 0.00841 e. The third kappa shape index (κ3) is 10.7. The normalized spacial score (nSPS) is 6.57. The van der Waals surface area contributed by atoms with Crippen LogP contribution in [0.3, 0.4) is 0 Å². The number of carbonyl (C=O) groups is 1. The van der Waals surface area contributed by atoms with E-state index in [0.29, 0.717) is 0 Å². The van der Waals surface area contributed by atoms with Crippen LogP contribution >= 0.6 is 0 Å². The molecule has 3 heteroatoms. The molecule has 0 bridgehead atoms. The predicted molar refractivity (Wildman–Crippen MR) is 24.0 cm³/mol. The number of Topliss-reactive ketones (excluding diaryl/α,β-unsaturated/α-hetero) is 1. The molecule has 0 rings (SSSR count). The van der Waals surface area contributed by atoms with Crippen molar-refractivity contribution in [2.45, 2.75) is 6.92 Å². The maximum Gasteiger partial charge on any atom is 0.00841 e. The average molecular weight is 189 g/mol. The minimum atomic E-state index is 0. The monoisotopic (exact) mass is 189 g/mol. The van der Waals surface area contributed by atoms with Gasteiger partial charge in [0.1, 0.15) is 0 Å². The Morgan fingerprint density at radius 3 is 2.14 bits per heavy atom. The van der Waals surface area contributed by atoms with Crippen molar-refractivity contribution in [1.29, 1.82) is 0 Å². The molecule has 7 heavy (non-hydrogen) atoms. The Kier molecular flexibility index (Phi) is 8.90. The quantitative estimate of drug-likeness (QED) is 0.487. The number of likely N-dealkylation sites (N-methyl/N-ethyl adjacent to an activating group) is 1. The van der Waals surface area contributed by atoms with Gasteiger partial charge in [-0.3, -0.25) is 6.54 Å². The standard InChI is InChI=1S/C4H8NO.Rh/c1-4(6)3-5-2;/h3,5H,1-2H3;/q-1;. The summed E-state index contributed by atoms with van der Waals surface area (Å²) >= 11 is 0. The molecule has 0 fully saturated rings. The van der Waals surface area contributed by atoms with E-state index in [4.69, 9.17) is 0 Å². The third-order valence-corrected chi connectivity index (χ3v) is 0.348. The van der Waals surface area contributed by atoms with Gasteiger partial charge >= 0.3 is 0 Å². The maximum absolute atomic E-state index is 9.93. The van der Waals surface area contributed by atoms with Crippen LogP contribution in [0.5, 0.6) is 0 Å². The molecule has 45 valence electrons. The van der Waals surface area contributed by atoms with Crippen molar-refractivity contribution in [2.75, 3.05) is 7.05 Å². The summed E-state index contributed by atoms with van der Waals surface area (Å²) in [6.45, 7) is 2.90. The van der Waals surface area contributed by atoms with Crippen molar-refractivity contribution < 1.29 is 24.3 Å². The molecule has 0 saturated heterocycles. The summed E-state index contributed by atoms with van der Waals surface area (Å²) in [7, 11) is 1.70. The number of nitrogens with one attached hydrogen (secondary N) is 1. The van der Waals surface area contributed by atoms with Gasteiger partial charge in [0.15, 0.2) is 0 Å². The van der Waals surface area contributed by atoms with Crippen LogP contribution in [-0.2, 0) is 24.3 Å². The molecule has 0 heterocycles. The van der Waals surface area contributed by atoms with Gasteiger partial charge in [0.05, 0.1) is 0 Å². The number of ketones is 1. The van der Waals surface area contributed by atoms with Gasteiger partial charge in [-0.15, -0.1) is 0 Å². The molecule has 0 aliphatic carbocycles. The zero-order valence-corrected chi connectivity index (χ0v) is 5.96. The molecule has 0 aromatic heterocycles. The molecular formula is C4H8NORh-. The molecule has 0 aromatic rings. The Bertz CT molecular complexity index is 55.7. The molecule has 2 nitrogen and oxygen atoms in total. The van der Waals surface area contributed by atoms with Crippen LogP contribution in [0.15, 0.2) is 0 Å². The van der Waals surface area contributed by atoms with Gasteiger partial charge in [0.25, 0.3) is 0 Å². The van der Waals surface area contributed by atoms with Crippen molar-refractivity contribution in [3.8, 4) is 0 Å². The van der Waals surface area contributed by atoms with Crippen LogP contribution in [0.25, 0.3) is 0 Å². The Balaban J connectivity index is 0. The van der Waals surface area contributed by atoms with E-state index in [9.17, 15) is 4.79 Å². The molecule has 0 aliphatic rings. The molecule has 1 radical (unpaired) electrons. The summed E-state index contributed by atoms with van der Waals surface area (Å²) in [5.74, 6) is 0.0532. The summed E-state index contributed by atoms with van der Waals surface area (Å²) in [6, 6.07) is 0. The first-order chi connectivity index (χ1) is 2.77. The van der Waals surface area contributed by atoms with E-state index in [2.05, 4.69) is 5.32 Å². The van der Waals surface area contributed by atoms with E-state index >= 15 is 0 Å². The van der Waals surface area contributed by atoms with E-state index in [1.807, 2.05) is 0 Å². The van der Waals surface area contributed by atoms with Gasteiger partial charge < -0.3 is 10.1 Å². The molecule has 0 aliphatic heterocycles. The molecule has 1 N–H and O–H groups in total. The minimum Gasteiger partial charge on any atom is -0.450 e. The maximum atomic E-state index is 9.93. The van der Waals surface area contributed by atoms with E-state index in [1.165, 1.54) is 13.5 Å². The van der Waals surface area contributed by atoms with E-state index in [0.717, 1.165) is 0 Å². The van der Waals surface area contributed by atoms with Crippen LogP contribution in [0, 0.1) is 6.54 Å². The molecule has 0 atom stereocenters. The first kappa shape index (κ1) is 10.2. The second kappa shape index (κ2) is 6.12. The van der Waals surface area contributed by atoms with Crippen LogP contribution in [0.1, 0.15) is 6.92 Å². The first-order valence-corrected chi connectivity index (χ1v) is 1.78. The van der Waals surface area contributed by atoms with Gasteiger partial charge in [-0.1, -0.05) is 0 Å². The minimum absolute atomic E-state index is 0. The molecule has 0 amide bonds. The first-order valence-electron chi connectivity index (χ1n) is 1.78. The second-order valence-electron chi connectivity index (χ2n) is 1.04. The SMILES string of the molecule is CN[CH-]C(C)=O.[Rh]. The van der Waals surface area contributed by atoms with Crippen LogP contribution in [0.2, 0.25) is 0 Å². The molecule has 0 saturated carbocycles. The summed E-state index contributed by atoms with van der Waals surface area (Å²) in [5.41, 5.74) is 0. The van der Waals surface area contributed by atoms with Crippen LogP contribution in [-0.4, -0.2) is 12.8 Å². The summed E-state index contributed by atoms with van der Waals surface area (Å²) in [5, 5.41) is 2.59. The Morgan fingerprint density at radius 1 is 1.71 bits per heavy atom. The van der Waals surface area contributed by atoms with Gasteiger partial charge in [0, 0.05) is 25.3 Å². The Hall–Kier alpha value is 0.123. The number of hydrogen-bond acceptors (Lipinski definition) is 2. The zero-order chi connectivity index (χ0) is 4.99. The van der Waals surface area contributed by atoms with Gasteiger partial charge in [-0.05, 0) is 14.0 Å². The van der Waals surface area contributed by atoms with E-state index in [1.54, 1.807) is 7.05 Å². The van der Waals surface area contributed by atoms with E-state index in [-0.39, 0.29) is 25.3 Å². The summed E-state index contributed by atoms with van der Waals surface area (Å²) < 4.78 is 0. The van der Waals surface area contributed by atoms with Crippen molar-refractivity contribution in [2.24, 2.45) is 0 Å². The Labute approximate surface area is 56.4 Å². The van der Waals surface area contributed by atoms with Crippen molar-refractivity contribution in [3.63, 3.8) is 0 Å². The van der Waals surface area contributed by atoms with Gasteiger partial charge in [-0.25, -0.2) is 0 Å². The van der Waals surface area contributed by atoms with Gasteiger partial charge in [0.2, 0.25) is 0 Å². The molecule has 0 spiro atoms. The second-order valence-corrected chi connectivity index (χ2v) is 1.04. The summed E-state index contributed by atoms with van der Waals surface area (Å²) in [4.78, 5) is 9.93. The topological polar surface area (TPSA) is 29.1 Å². The number of rotatable bonds is 2. The Morgan fingerprint density at radius 2 is 2.14 bits per heavy atom.